The molecule has 150 valence electrons. The molecule has 5 rings (SSSR count). The first kappa shape index (κ1) is 18.3. The number of para-hydroxylation sites is 1. The summed E-state index contributed by atoms with van der Waals surface area (Å²) in [6, 6.07) is 23.5. The number of fused-ring (bicyclic) bond motifs is 1. The molecule has 0 bridgehead atoms. The van der Waals surface area contributed by atoms with E-state index in [1.807, 2.05) is 60.7 Å². The van der Waals surface area contributed by atoms with Crippen LogP contribution in [-0.4, -0.2) is 25.0 Å². The molecule has 0 saturated carbocycles. The molecule has 1 N–H and O–H groups in total. The highest BCUT2D eigenvalue weighted by Gasteiger charge is 2.25. The fourth-order valence-corrected chi connectivity index (χ4v) is 4.43. The Morgan fingerprint density at radius 3 is 2.33 bits per heavy atom. The van der Waals surface area contributed by atoms with Gasteiger partial charge in [0, 0.05) is 11.6 Å². The number of nitrogens with zero attached hydrogens (tertiary/aromatic N) is 2. The van der Waals surface area contributed by atoms with Crippen LogP contribution in [0.15, 0.2) is 90.0 Å². The Kier molecular flexibility index (Phi) is 4.40. The molecule has 8 heteroatoms. The maximum atomic E-state index is 13.3. The molecule has 0 radical (unpaired) electrons. The third-order valence-electron chi connectivity index (χ3n) is 4.66. The van der Waals surface area contributed by atoms with Crippen molar-refractivity contribution < 1.29 is 17.9 Å². The summed E-state index contributed by atoms with van der Waals surface area (Å²) in [5, 5.41) is 4.57. The van der Waals surface area contributed by atoms with E-state index >= 15 is 0 Å². The summed E-state index contributed by atoms with van der Waals surface area (Å²) in [7, 11) is -3.93. The summed E-state index contributed by atoms with van der Waals surface area (Å²) < 4.78 is 41.4. The Labute approximate surface area is 173 Å². The average Bonchev–Trinajstić information content (AvgIpc) is 3.42. The molecule has 0 atom stereocenters. The van der Waals surface area contributed by atoms with Gasteiger partial charge in [0.25, 0.3) is 10.0 Å². The molecule has 0 saturated heterocycles. The van der Waals surface area contributed by atoms with E-state index in [0.717, 1.165) is 5.69 Å². The number of anilines is 1. The number of aromatic nitrogens is 2. The standard InChI is InChI=1S/C22H17N3O4S/c26-30(27,24-17-11-12-19-20(13-17)29-15-28-19)21-14-25(18-9-5-2-6-10-18)23-22(21)16-7-3-1-4-8-16/h1-14,24H,15H2. The first-order valence-electron chi connectivity index (χ1n) is 9.23. The van der Waals surface area contributed by atoms with Crippen LogP contribution < -0.4 is 14.2 Å². The molecule has 0 spiro atoms. The molecular weight excluding hydrogens is 402 g/mol. The van der Waals surface area contributed by atoms with Crippen LogP contribution >= 0.6 is 0 Å². The molecule has 4 aromatic rings. The van der Waals surface area contributed by atoms with Crippen molar-refractivity contribution in [3.05, 3.63) is 85.1 Å². The number of ether oxygens (including phenoxy) is 2. The van der Waals surface area contributed by atoms with Crippen LogP contribution in [-0.2, 0) is 10.0 Å². The zero-order chi connectivity index (χ0) is 20.6. The normalized spacial score (nSPS) is 12.7. The number of sulfonamides is 1. The zero-order valence-corrected chi connectivity index (χ0v) is 16.5. The lowest BCUT2D eigenvalue weighted by Crippen LogP contribution is -2.13. The van der Waals surface area contributed by atoms with Gasteiger partial charge in [-0.3, -0.25) is 4.72 Å². The van der Waals surface area contributed by atoms with E-state index in [9.17, 15) is 8.42 Å². The molecule has 1 aliphatic heterocycles. The van der Waals surface area contributed by atoms with Crippen molar-refractivity contribution in [1.29, 1.82) is 0 Å². The van der Waals surface area contributed by atoms with Gasteiger partial charge in [0.2, 0.25) is 6.79 Å². The summed E-state index contributed by atoms with van der Waals surface area (Å²) in [6.07, 6.45) is 1.52. The molecule has 0 amide bonds. The smallest absolute Gasteiger partial charge is 0.265 e. The van der Waals surface area contributed by atoms with Crippen LogP contribution in [0.25, 0.3) is 16.9 Å². The van der Waals surface area contributed by atoms with Crippen molar-refractivity contribution >= 4 is 15.7 Å². The second-order valence-electron chi connectivity index (χ2n) is 6.66. The Balaban J connectivity index is 1.58. The second-order valence-corrected chi connectivity index (χ2v) is 8.31. The van der Waals surface area contributed by atoms with Crippen molar-refractivity contribution in [1.82, 2.24) is 9.78 Å². The van der Waals surface area contributed by atoms with Crippen molar-refractivity contribution in [3.63, 3.8) is 0 Å². The summed E-state index contributed by atoms with van der Waals surface area (Å²) in [6.45, 7) is 0.119. The number of rotatable bonds is 5. The third kappa shape index (κ3) is 3.37. The second kappa shape index (κ2) is 7.23. The van der Waals surface area contributed by atoms with E-state index in [1.54, 1.807) is 22.9 Å². The maximum Gasteiger partial charge on any atom is 0.265 e. The Morgan fingerprint density at radius 1 is 0.867 bits per heavy atom. The molecule has 1 aliphatic rings. The van der Waals surface area contributed by atoms with Gasteiger partial charge in [0.05, 0.1) is 17.6 Å². The molecule has 0 aliphatic carbocycles. The largest absolute Gasteiger partial charge is 0.454 e. The quantitative estimate of drug-likeness (QED) is 0.527. The summed E-state index contributed by atoms with van der Waals surface area (Å²) in [5.41, 5.74) is 2.22. The molecule has 3 aromatic carbocycles. The fraction of sp³-hybridized carbons (Fsp3) is 0.0455. The van der Waals surface area contributed by atoms with Crippen molar-refractivity contribution in [2.24, 2.45) is 0 Å². The van der Waals surface area contributed by atoms with Gasteiger partial charge in [-0.1, -0.05) is 48.5 Å². The topological polar surface area (TPSA) is 82.5 Å². The predicted octanol–water partition coefficient (Wildman–Crippen LogP) is 4.07. The van der Waals surface area contributed by atoms with Crippen LogP contribution in [0.3, 0.4) is 0 Å². The number of hydrogen-bond acceptors (Lipinski definition) is 5. The summed E-state index contributed by atoms with van der Waals surface area (Å²) in [4.78, 5) is 0.0789. The highest BCUT2D eigenvalue weighted by Crippen LogP contribution is 2.35. The van der Waals surface area contributed by atoms with Crippen LogP contribution in [0.1, 0.15) is 0 Å². The Bertz CT molecular complexity index is 1300. The average molecular weight is 419 g/mol. The third-order valence-corrected chi connectivity index (χ3v) is 6.05. The van der Waals surface area contributed by atoms with E-state index in [-0.39, 0.29) is 11.7 Å². The van der Waals surface area contributed by atoms with Crippen molar-refractivity contribution in [3.8, 4) is 28.4 Å². The van der Waals surface area contributed by atoms with Crippen LogP contribution in [0.2, 0.25) is 0 Å². The van der Waals surface area contributed by atoms with Crippen molar-refractivity contribution in [2.75, 3.05) is 11.5 Å². The first-order chi connectivity index (χ1) is 14.6. The molecule has 2 heterocycles. The maximum absolute atomic E-state index is 13.3. The molecule has 0 unspecified atom stereocenters. The number of hydrogen-bond donors (Lipinski definition) is 1. The molecule has 7 nitrogen and oxygen atoms in total. The van der Waals surface area contributed by atoms with E-state index in [4.69, 9.17) is 9.47 Å². The zero-order valence-electron chi connectivity index (χ0n) is 15.7. The number of nitrogens with one attached hydrogen (secondary N) is 1. The minimum Gasteiger partial charge on any atom is -0.454 e. The lowest BCUT2D eigenvalue weighted by Gasteiger charge is -2.09. The van der Waals surface area contributed by atoms with Gasteiger partial charge in [-0.2, -0.15) is 5.10 Å². The van der Waals surface area contributed by atoms with E-state index in [1.165, 1.54) is 6.20 Å². The Hall–Kier alpha value is -3.78. The first-order valence-corrected chi connectivity index (χ1v) is 10.7. The Morgan fingerprint density at radius 2 is 1.57 bits per heavy atom. The molecular formula is C22H17N3O4S. The summed E-state index contributed by atoms with van der Waals surface area (Å²) >= 11 is 0. The fourth-order valence-electron chi connectivity index (χ4n) is 3.23. The van der Waals surface area contributed by atoms with Gasteiger partial charge in [-0.15, -0.1) is 0 Å². The SMILES string of the molecule is O=S(=O)(Nc1ccc2c(c1)OCO2)c1cn(-c2ccccc2)nc1-c1ccccc1. The van der Waals surface area contributed by atoms with Crippen LogP contribution in [0, 0.1) is 0 Å². The minimum absolute atomic E-state index is 0.0789. The van der Waals surface area contributed by atoms with Crippen LogP contribution in [0.4, 0.5) is 5.69 Å². The van der Waals surface area contributed by atoms with Crippen molar-refractivity contribution in [2.45, 2.75) is 4.90 Å². The van der Waals surface area contributed by atoms with Crippen LogP contribution in [0.5, 0.6) is 11.5 Å². The number of benzene rings is 3. The highest BCUT2D eigenvalue weighted by atomic mass is 32.2. The van der Waals surface area contributed by atoms with Gasteiger partial charge < -0.3 is 9.47 Å². The molecule has 1 aromatic heterocycles. The monoisotopic (exact) mass is 419 g/mol. The summed E-state index contributed by atoms with van der Waals surface area (Å²) in [5.74, 6) is 1.08. The predicted molar refractivity (Wildman–Crippen MR) is 112 cm³/mol. The van der Waals surface area contributed by atoms with Gasteiger partial charge >= 0.3 is 0 Å². The van der Waals surface area contributed by atoms with Gasteiger partial charge in [0.1, 0.15) is 10.6 Å². The molecule has 0 fully saturated rings. The van der Waals surface area contributed by atoms with Gasteiger partial charge in [0.15, 0.2) is 11.5 Å². The van der Waals surface area contributed by atoms with E-state index in [2.05, 4.69) is 9.82 Å². The molecule has 30 heavy (non-hydrogen) atoms. The van der Waals surface area contributed by atoms with Gasteiger partial charge in [-0.05, 0) is 24.3 Å². The van der Waals surface area contributed by atoms with E-state index < -0.39 is 10.0 Å². The van der Waals surface area contributed by atoms with E-state index in [0.29, 0.717) is 28.4 Å². The highest BCUT2D eigenvalue weighted by molar-refractivity contribution is 7.92. The van der Waals surface area contributed by atoms with Gasteiger partial charge in [-0.25, -0.2) is 13.1 Å². The lowest BCUT2D eigenvalue weighted by atomic mass is 10.2. The minimum atomic E-state index is -3.93. The lowest BCUT2D eigenvalue weighted by molar-refractivity contribution is 0.174.